The highest BCUT2D eigenvalue weighted by Crippen LogP contribution is 2.32. The third kappa shape index (κ3) is 2.90. The van der Waals surface area contributed by atoms with E-state index in [1.54, 1.807) is 24.8 Å². The van der Waals surface area contributed by atoms with Crippen molar-refractivity contribution in [2.45, 2.75) is 19.9 Å². The third-order valence-corrected chi connectivity index (χ3v) is 3.93. The Labute approximate surface area is 144 Å². The molecule has 0 aliphatic carbocycles. The van der Waals surface area contributed by atoms with Crippen LogP contribution in [0, 0.1) is 18.3 Å². The summed E-state index contributed by atoms with van der Waals surface area (Å²) in [5.41, 5.74) is 2.34. The van der Waals surface area contributed by atoms with Gasteiger partial charge in [-0.3, -0.25) is 0 Å². The van der Waals surface area contributed by atoms with Gasteiger partial charge >= 0.3 is 5.97 Å². The lowest BCUT2D eigenvalue weighted by atomic mass is 10.0. The Bertz CT molecular complexity index is 1000. The first kappa shape index (κ1) is 16.5. The zero-order valence-electron chi connectivity index (χ0n) is 13.9. The number of carboxylic acid groups (broad SMARTS) is 1. The number of rotatable bonds is 5. The number of hydrogen-bond acceptors (Lipinski definition) is 5. The average molecular weight is 336 g/mol. The minimum Gasteiger partial charge on any atom is -0.496 e. The van der Waals surface area contributed by atoms with Gasteiger partial charge in [0.05, 0.1) is 48.5 Å². The number of ether oxygens (including phenoxy) is 1. The standard InChI is InChI=1S/C18H16N4O3/c1-11-16-13(18(23)24)10-14(12-6-3-4-7-15(12)25-2)20-17(16)22(21-11)9-5-8-19/h3-4,6-7,10H,5,9H2,1-2H3,(H,23,24). The molecule has 3 aromatic rings. The largest absolute Gasteiger partial charge is 0.496 e. The molecule has 1 N–H and O–H groups in total. The van der Waals surface area contributed by atoms with E-state index in [-0.39, 0.29) is 12.0 Å². The maximum Gasteiger partial charge on any atom is 0.336 e. The van der Waals surface area contributed by atoms with Gasteiger partial charge in [0.15, 0.2) is 5.65 Å². The number of nitriles is 1. The number of aromatic nitrogens is 3. The lowest BCUT2D eigenvalue weighted by molar-refractivity contribution is 0.0699. The number of aromatic carboxylic acids is 1. The van der Waals surface area contributed by atoms with Gasteiger partial charge in [0.25, 0.3) is 0 Å². The molecule has 0 bridgehead atoms. The SMILES string of the molecule is COc1ccccc1-c1cc(C(=O)O)c2c(C)nn(CCC#N)c2n1. The predicted molar refractivity (Wildman–Crippen MR) is 91.4 cm³/mol. The molecule has 1 aromatic carbocycles. The first-order chi connectivity index (χ1) is 12.1. The van der Waals surface area contributed by atoms with Gasteiger partial charge in [-0.05, 0) is 25.1 Å². The lowest BCUT2D eigenvalue weighted by Gasteiger charge is -2.10. The van der Waals surface area contributed by atoms with Gasteiger partial charge in [0.1, 0.15) is 5.75 Å². The summed E-state index contributed by atoms with van der Waals surface area (Å²) in [7, 11) is 1.55. The van der Waals surface area contributed by atoms with E-state index in [0.29, 0.717) is 40.3 Å². The van der Waals surface area contributed by atoms with Crippen molar-refractivity contribution in [1.29, 1.82) is 5.26 Å². The number of hydrogen-bond donors (Lipinski definition) is 1. The quantitative estimate of drug-likeness (QED) is 0.768. The van der Waals surface area contributed by atoms with Crippen molar-refractivity contribution < 1.29 is 14.6 Å². The van der Waals surface area contributed by atoms with E-state index in [0.717, 1.165) is 0 Å². The number of nitrogens with zero attached hydrogens (tertiary/aromatic N) is 4. The monoisotopic (exact) mass is 336 g/mol. The molecule has 0 amide bonds. The van der Waals surface area contributed by atoms with Gasteiger partial charge in [0.2, 0.25) is 0 Å². The predicted octanol–water partition coefficient (Wildman–Crippen LogP) is 3.03. The van der Waals surface area contributed by atoms with Crippen LogP contribution in [-0.2, 0) is 6.54 Å². The first-order valence-electron chi connectivity index (χ1n) is 7.68. The van der Waals surface area contributed by atoms with Crippen LogP contribution in [-0.4, -0.2) is 33.0 Å². The van der Waals surface area contributed by atoms with Crippen LogP contribution in [0.25, 0.3) is 22.3 Å². The van der Waals surface area contributed by atoms with Crippen molar-refractivity contribution in [1.82, 2.24) is 14.8 Å². The van der Waals surface area contributed by atoms with Gasteiger partial charge in [-0.2, -0.15) is 10.4 Å². The van der Waals surface area contributed by atoms with Crippen LogP contribution in [0.5, 0.6) is 5.75 Å². The molecule has 2 aromatic heterocycles. The second-order valence-corrected chi connectivity index (χ2v) is 5.48. The second kappa shape index (κ2) is 6.61. The number of carboxylic acids is 1. The molecule has 126 valence electrons. The number of pyridine rings is 1. The minimum atomic E-state index is -1.05. The van der Waals surface area contributed by atoms with Crippen molar-refractivity contribution in [2.24, 2.45) is 0 Å². The van der Waals surface area contributed by atoms with E-state index in [1.807, 2.05) is 18.2 Å². The summed E-state index contributed by atoms with van der Waals surface area (Å²) in [4.78, 5) is 16.4. The summed E-state index contributed by atoms with van der Waals surface area (Å²) in [5, 5.41) is 23.3. The Morgan fingerprint density at radius 3 is 2.84 bits per heavy atom. The van der Waals surface area contributed by atoms with Crippen LogP contribution in [0.3, 0.4) is 0 Å². The number of benzene rings is 1. The second-order valence-electron chi connectivity index (χ2n) is 5.48. The summed E-state index contributed by atoms with van der Waals surface area (Å²) >= 11 is 0. The van der Waals surface area contributed by atoms with Gasteiger partial charge in [-0.25, -0.2) is 14.5 Å². The highest BCUT2D eigenvalue weighted by atomic mass is 16.5. The van der Waals surface area contributed by atoms with Crippen LogP contribution >= 0.6 is 0 Å². The molecule has 0 saturated heterocycles. The number of fused-ring (bicyclic) bond motifs is 1. The highest BCUT2D eigenvalue weighted by Gasteiger charge is 2.20. The Morgan fingerprint density at radius 2 is 2.16 bits per heavy atom. The molecule has 25 heavy (non-hydrogen) atoms. The average Bonchev–Trinajstić information content (AvgIpc) is 2.94. The van der Waals surface area contributed by atoms with E-state index in [2.05, 4.69) is 16.2 Å². The fraction of sp³-hybridized carbons (Fsp3) is 0.222. The molecule has 0 unspecified atom stereocenters. The molecule has 0 aliphatic heterocycles. The Morgan fingerprint density at radius 1 is 1.40 bits per heavy atom. The van der Waals surface area contributed by atoms with E-state index < -0.39 is 5.97 Å². The van der Waals surface area contributed by atoms with Crippen LogP contribution in [0.1, 0.15) is 22.5 Å². The minimum absolute atomic E-state index is 0.131. The normalized spacial score (nSPS) is 10.6. The van der Waals surface area contributed by atoms with Crippen LogP contribution < -0.4 is 4.74 Å². The molecular formula is C18H16N4O3. The lowest BCUT2D eigenvalue weighted by Crippen LogP contribution is -2.04. The van der Waals surface area contributed by atoms with E-state index in [9.17, 15) is 9.90 Å². The van der Waals surface area contributed by atoms with Gasteiger partial charge in [-0.15, -0.1) is 0 Å². The highest BCUT2D eigenvalue weighted by molar-refractivity contribution is 6.04. The van der Waals surface area contributed by atoms with Crippen LogP contribution in [0.15, 0.2) is 30.3 Å². The molecule has 0 atom stereocenters. The molecule has 0 fully saturated rings. The van der Waals surface area contributed by atoms with Crippen LogP contribution in [0.2, 0.25) is 0 Å². The Kier molecular flexibility index (Phi) is 4.35. The summed E-state index contributed by atoms with van der Waals surface area (Å²) < 4.78 is 6.94. The zero-order valence-corrected chi connectivity index (χ0v) is 13.9. The van der Waals surface area contributed by atoms with Gasteiger partial charge in [0, 0.05) is 5.56 Å². The molecule has 2 heterocycles. The van der Waals surface area contributed by atoms with E-state index in [1.165, 1.54) is 6.07 Å². The smallest absolute Gasteiger partial charge is 0.336 e. The van der Waals surface area contributed by atoms with Crippen molar-refractivity contribution in [2.75, 3.05) is 7.11 Å². The molecule has 0 radical (unpaired) electrons. The molecule has 0 spiro atoms. The Balaban J connectivity index is 2.31. The zero-order chi connectivity index (χ0) is 18.0. The maximum absolute atomic E-state index is 11.8. The molecule has 0 saturated carbocycles. The molecular weight excluding hydrogens is 320 g/mol. The fourth-order valence-corrected chi connectivity index (χ4v) is 2.83. The summed E-state index contributed by atoms with van der Waals surface area (Å²) in [5.74, 6) is -0.447. The molecule has 7 heteroatoms. The molecule has 0 aliphatic rings. The van der Waals surface area contributed by atoms with Gasteiger partial charge < -0.3 is 9.84 Å². The Hall–Kier alpha value is -3.40. The molecule has 7 nitrogen and oxygen atoms in total. The van der Waals surface area contributed by atoms with E-state index >= 15 is 0 Å². The summed E-state index contributed by atoms with van der Waals surface area (Å²) in [6.07, 6.45) is 0.263. The van der Waals surface area contributed by atoms with Crippen molar-refractivity contribution in [3.63, 3.8) is 0 Å². The van der Waals surface area contributed by atoms with Gasteiger partial charge in [-0.1, -0.05) is 12.1 Å². The van der Waals surface area contributed by atoms with E-state index in [4.69, 9.17) is 10.00 Å². The van der Waals surface area contributed by atoms with Crippen LogP contribution in [0.4, 0.5) is 0 Å². The number of para-hydroxylation sites is 1. The summed E-state index contributed by atoms with van der Waals surface area (Å²) in [6.45, 7) is 2.09. The van der Waals surface area contributed by atoms with Crippen molar-refractivity contribution in [3.8, 4) is 23.1 Å². The number of methoxy groups -OCH3 is 1. The number of carbonyl (C=O) groups is 1. The fourth-order valence-electron chi connectivity index (χ4n) is 2.83. The first-order valence-corrected chi connectivity index (χ1v) is 7.68. The topological polar surface area (TPSA) is 101 Å². The molecule has 3 rings (SSSR count). The van der Waals surface area contributed by atoms with Crippen molar-refractivity contribution >= 4 is 17.0 Å². The third-order valence-electron chi connectivity index (χ3n) is 3.93. The summed E-state index contributed by atoms with van der Waals surface area (Å²) in [6, 6.07) is 10.9. The van der Waals surface area contributed by atoms with Crippen molar-refractivity contribution in [3.05, 3.63) is 41.6 Å². The maximum atomic E-state index is 11.8. The number of aryl methyl sites for hydroxylation is 2.